The molecule has 26 rings (SSSR count). The fourth-order valence-corrected chi connectivity index (χ4v) is 20.7. The van der Waals surface area contributed by atoms with Crippen LogP contribution in [0.15, 0.2) is 454 Å². The van der Waals surface area contributed by atoms with Gasteiger partial charge in [0.2, 0.25) is 0 Å². The maximum atomic E-state index is 6.68. The zero-order valence-corrected chi connectivity index (χ0v) is 74.1. The van der Waals surface area contributed by atoms with E-state index < -0.39 is 0 Å². The van der Waals surface area contributed by atoms with Crippen LogP contribution in [0, 0.1) is 0 Å². The molecule has 0 unspecified atom stereocenters. The second-order valence-electron chi connectivity index (χ2n) is 35.4. The lowest BCUT2D eigenvalue weighted by atomic mass is 9.76. The molecule has 0 fully saturated rings. The van der Waals surface area contributed by atoms with Crippen molar-refractivity contribution < 1.29 is 4.42 Å². The minimum atomic E-state index is -0.313. The molecule has 0 saturated heterocycles. The van der Waals surface area contributed by atoms with Crippen molar-refractivity contribution in [3.63, 3.8) is 0 Å². The Labute approximate surface area is 778 Å². The molecule has 0 amide bonds. The SMILES string of the molecule is CC1(C)C2=C(c3ccc(-c4ccccn4)cc31)N(c1cc(-c3ccccn3)nc(-c3ccccn3)c1)c1ccccc1-c1ccccc12.CC1(C)C2=C(c3ccccc31)N(c1ccc(-c3cccc4cccnc34)cc1)c1ccccc1-c1ccccc12.c1ccc(-c2ccc(-c3cc(N4c5ccccc5-c5ccccc5-c5oc6ccccc6c54)nc(-c4ccccc4)n3)cc2)cc1. The van der Waals surface area contributed by atoms with Crippen LogP contribution in [-0.4, -0.2) is 34.9 Å². The minimum absolute atomic E-state index is 0.142. The van der Waals surface area contributed by atoms with E-state index in [2.05, 4.69) is 376 Å². The average Bonchev–Trinajstić information content (AvgIpc) is 1.55. The first-order valence-electron chi connectivity index (χ1n) is 45.6. The lowest BCUT2D eigenvalue weighted by molar-refractivity contribution is 0.632. The lowest BCUT2D eigenvalue weighted by Crippen LogP contribution is -2.18. The first-order valence-corrected chi connectivity index (χ1v) is 45.6. The number of allylic oxidation sites excluding steroid dienone is 2. The van der Waals surface area contributed by atoms with Gasteiger partial charge in [0.05, 0.1) is 73.8 Å². The molecule has 21 aromatic rings. The summed E-state index contributed by atoms with van der Waals surface area (Å²) in [5, 5.41) is 2.18. The summed E-state index contributed by atoms with van der Waals surface area (Å²) in [5.74, 6) is 2.25. The van der Waals surface area contributed by atoms with Crippen molar-refractivity contribution in [1.82, 2.24) is 34.9 Å². The van der Waals surface area contributed by atoms with Crippen molar-refractivity contribution in [2.24, 2.45) is 0 Å². The Balaban J connectivity index is 0.000000111. The summed E-state index contributed by atoms with van der Waals surface area (Å²) < 4.78 is 6.68. The molecule has 5 aliphatic rings. The molecule has 3 aliphatic heterocycles. The van der Waals surface area contributed by atoms with Gasteiger partial charge in [-0.15, -0.1) is 0 Å². The number of hydrogen-bond acceptors (Lipinski definition) is 11. The van der Waals surface area contributed by atoms with E-state index in [9.17, 15) is 0 Å². The van der Waals surface area contributed by atoms with E-state index in [1.807, 2.05) is 116 Å². The second-order valence-corrected chi connectivity index (χ2v) is 35.4. The number of furan rings is 1. The van der Waals surface area contributed by atoms with E-state index in [-0.39, 0.29) is 10.8 Å². The van der Waals surface area contributed by atoms with E-state index in [4.69, 9.17) is 39.3 Å². The van der Waals surface area contributed by atoms with Crippen LogP contribution in [0.3, 0.4) is 0 Å². The molecule has 0 atom stereocenters. The van der Waals surface area contributed by atoms with Gasteiger partial charge in [-0.3, -0.25) is 24.8 Å². The molecule has 0 N–H and O–H groups in total. The standard InChI is InChI=1S/C43H31N5.C42H27N3O.C38H28N2/c1-43(2)34-25-28(35-16-7-10-22-44-35)20-21-33(34)42-41(43)32-15-4-3-13-30(32)31-14-5-6-19-40(31)48(42)29-26-38(36-17-8-11-23-45-36)47-39(27-29)37-18-9-12-24-46-37;1-3-13-28(14-4-1)29-23-25-30(26-24-29)36-27-39(44-42(43-36)31-15-5-2-6-16-31)45-37-21-11-9-18-33(37)32-17-7-8-19-34(32)41-40(45)35-20-10-12-22-38(35)46-41;1-38(2)33-18-7-5-16-32(33)37-35(38)31-15-4-3-13-29(31)30-14-6-8-19-34(30)40(37)27-22-20-25(21-23-27)28-17-9-11-26-12-10-24-39-36(26)28/h3-27H,1-2H3;1-27H;3-24H,1-2H3. The van der Waals surface area contributed by atoms with Crippen LogP contribution in [-0.2, 0) is 10.8 Å². The Hall–Kier alpha value is -17.4. The van der Waals surface area contributed by atoms with Crippen molar-refractivity contribution in [2.75, 3.05) is 14.7 Å². The van der Waals surface area contributed by atoms with E-state index >= 15 is 0 Å². The lowest BCUT2D eigenvalue weighted by Gasteiger charge is -2.29. The molecular weight excluding hydrogens is 1630 g/mol. The van der Waals surface area contributed by atoms with Gasteiger partial charge >= 0.3 is 0 Å². The topological polar surface area (TPSA) is 113 Å². The van der Waals surface area contributed by atoms with Crippen molar-refractivity contribution in [3.05, 3.63) is 483 Å². The number of anilines is 7. The van der Waals surface area contributed by atoms with Gasteiger partial charge in [0.15, 0.2) is 11.6 Å². The number of para-hydroxylation sites is 5. The molecule has 0 radical (unpaired) electrons. The highest BCUT2D eigenvalue weighted by molar-refractivity contribution is 6.17. The molecule has 0 spiro atoms. The summed E-state index contributed by atoms with van der Waals surface area (Å²) >= 11 is 0. The summed E-state index contributed by atoms with van der Waals surface area (Å²) in [4.78, 5) is 41.5. The minimum Gasteiger partial charge on any atom is -0.454 e. The normalized spacial score (nSPS) is 13.5. The van der Waals surface area contributed by atoms with Crippen molar-refractivity contribution >= 4 is 84.4 Å². The molecule has 0 bridgehead atoms. The van der Waals surface area contributed by atoms with Gasteiger partial charge in [0.1, 0.15) is 17.1 Å². The fraction of sp³-hybridized carbons (Fsp3) is 0.0488. The van der Waals surface area contributed by atoms with Crippen LogP contribution in [0.5, 0.6) is 0 Å². The summed E-state index contributed by atoms with van der Waals surface area (Å²) in [6, 6.07) is 150. The van der Waals surface area contributed by atoms with Gasteiger partial charge < -0.3 is 14.2 Å². The predicted octanol–water partition coefficient (Wildman–Crippen LogP) is 31.5. The molecule has 11 nitrogen and oxygen atoms in total. The first kappa shape index (κ1) is 79.9. The fourth-order valence-electron chi connectivity index (χ4n) is 20.7. The molecule has 11 heteroatoms. The number of aromatic nitrogens is 7. The number of fused-ring (bicyclic) bond motifs is 20. The maximum absolute atomic E-state index is 6.68. The third kappa shape index (κ3) is 13.7. The van der Waals surface area contributed by atoms with Gasteiger partial charge in [-0.25, -0.2) is 15.0 Å². The van der Waals surface area contributed by atoms with Crippen LogP contribution >= 0.6 is 0 Å². The van der Waals surface area contributed by atoms with Crippen molar-refractivity contribution in [1.29, 1.82) is 0 Å². The number of rotatable bonds is 10. The largest absolute Gasteiger partial charge is 0.454 e. The van der Waals surface area contributed by atoms with Gasteiger partial charge in [-0.1, -0.05) is 343 Å². The Morgan fingerprint density at radius 2 is 0.687 bits per heavy atom. The Morgan fingerprint density at radius 3 is 1.29 bits per heavy atom. The van der Waals surface area contributed by atoms with E-state index in [1.165, 1.54) is 95.0 Å². The predicted molar refractivity (Wildman–Crippen MR) is 549 cm³/mol. The number of nitrogens with zero attached hydrogens (tertiary/aromatic N) is 10. The van der Waals surface area contributed by atoms with Crippen molar-refractivity contribution in [3.8, 4) is 124 Å². The Morgan fingerprint density at radius 1 is 0.246 bits per heavy atom. The summed E-state index contributed by atoms with van der Waals surface area (Å²) in [6.45, 7) is 9.45. The molecule has 134 heavy (non-hydrogen) atoms. The maximum Gasteiger partial charge on any atom is 0.162 e. The van der Waals surface area contributed by atoms with Crippen LogP contribution in [0.4, 0.5) is 39.9 Å². The molecule has 634 valence electrons. The summed E-state index contributed by atoms with van der Waals surface area (Å²) in [6.07, 6.45) is 7.37. The van der Waals surface area contributed by atoms with Crippen LogP contribution in [0.1, 0.15) is 61.1 Å². The summed E-state index contributed by atoms with van der Waals surface area (Å²) in [7, 11) is 0. The number of benzene rings is 14. The molecule has 2 aliphatic carbocycles. The highest BCUT2D eigenvalue weighted by Crippen LogP contribution is 2.63. The first-order chi connectivity index (χ1) is 66.0. The average molecular weight is 1720 g/mol. The van der Waals surface area contributed by atoms with Gasteiger partial charge in [-0.2, -0.15) is 0 Å². The molecule has 7 aromatic heterocycles. The number of pyridine rings is 5. The second kappa shape index (κ2) is 33.0. The monoisotopic (exact) mass is 1720 g/mol. The van der Waals surface area contributed by atoms with Crippen molar-refractivity contribution in [2.45, 2.75) is 38.5 Å². The van der Waals surface area contributed by atoms with Crippen LogP contribution < -0.4 is 14.7 Å². The van der Waals surface area contributed by atoms with Crippen LogP contribution in [0.25, 0.3) is 168 Å². The van der Waals surface area contributed by atoms with Gasteiger partial charge in [0.25, 0.3) is 0 Å². The molecule has 0 saturated carbocycles. The smallest absolute Gasteiger partial charge is 0.162 e. The molecule has 14 aromatic carbocycles. The number of hydrogen-bond donors (Lipinski definition) is 0. The Bertz CT molecular complexity index is 8170. The highest BCUT2D eigenvalue weighted by Gasteiger charge is 2.47. The van der Waals surface area contributed by atoms with Gasteiger partial charge in [0, 0.05) is 114 Å². The molecule has 10 heterocycles. The third-order valence-electron chi connectivity index (χ3n) is 26.9. The zero-order valence-electron chi connectivity index (χ0n) is 74.1. The van der Waals surface area contributed by atoms with Gasteiger partial charge in [-0.05, 0) is 170 Å². The quantitative estimate of drug-likeness (QED) is 0.130. The third-order valence-corrected chi connectivity index (χ3v) is 26.9. The molecular formula is C123H86N10O. The van der Waals surface area contributed by atoms with E-state index in [1.54, 1.807) is 0 Å². The van der Waals surface area contributed by atoms with E-state index in [0.29, 0.717) is 5.82 Å². The van der Waals surface area contributed by atoms with E-state index in [0.717, 1.165) is 141 Å². The Kier molecular flexibility index (Phi) is 19.7. The summed E-state index contributed by atoms with van der Waals surface area (Å²) in [5.41, 5.74) is 41.7. The zero-order chi connectivity index (χ0) is 89.5. The van der Waals surface area contributed by atoms with Crippen LogP contribution in [0.2, 0.25) is 0 Å². The highest BCUT2D eigenvalue weighted by atomic mass is 16.3.